The van der Waals surface area contributed by atoms with E-state index in [0.29, 0.717) is 12.0 Å². The van der Waals surface area contributed by atoms with E-state index in [1.165, 1.54) is 46.9 Å². The molecule has 7 heterocycles. The monoisotopic (exact) mass is 686 g/mol. The van der Waals surface area contributed by atoms with Crippen LogP contribution in [0.4, 0.5) is 0 Å². The average molecular weight is 687 g/mol. The zero-order valence-electron chi connectivity index (χ0n) is 29.8. The summed E-state index contributed by atoms with van der Waals surface area (Å²) in [5.41, 5.74) is 10.2. The summed E-state index contributed by atoms with van der Waals surface area (Å²) < 4.78 is 16.9. The normalized spacial score (nSPS) is 29.8. The van der Waals surface area contributed by atoms with Crippen LogP contribution in [0.1, 0.15) is 67.7 Å². The lowest BCUT2D eigenvalue weighted by Gasteiger charge is -2.47. The summed E-state index contributed by atoms with van der Waals surface area (Å²) in [6.45, 7) is 6.85. The summed E-state index contributed by atoms with van der Waals surface area (Å²) in [4.78, 5) is 39.9. The molecule has 5 aliphatic rings. The maximum atomic E-state index is 14.1. The lowest BCUT2D eigenvalue weighted by molar-refractivity contribution is -0.894. The lowest BCUT2D eigenvalue weighted by atomic mass is 9.70. The third kappa shape index (κ3) is 5.11. The number of rotatable bonds is 5. The van der Waals surface area contributed by atoms with Crippen molar-refractivity contribution in [2.75, 3.05) is 33.9 Å². The summed E-state index contributed by atoms with van der Waals surface area (Å²) in [6.07, 6.45) is 9.40. The number of nitrogens with one attached hydrogen (secondary N) is 2. The average Bonchev–Trinajstić information content (AvgIpc) is 3.75. The summed E-state index contributed by atoms with van der Waals surface area (Å²) in [7, 11) is 2.96. The molecule has 9 heteroatoms. The van der Waals surface area contributed by atoms with Gasteiger partial charge in [-0.3, -0.25) is 9.69 Å². The van der Waals surface area contributed by atoms with Crippen molar-refractivity contribution >= 4 is 39.3 Å². The Morgan fingerprint density at radius 1 is 1.10 bits per heavy atom. The summed E-state index contributed by atoms with van der Waals surface area (Å²) >= 11 is 0. The number of piperidine rings is 2. The Hall–Kier alpha value is -4.60. The van der Waals surface area contributed by atoms with Crippen molar-refractivity contribution in [1.29, 1.82) is 0 Å². The maximum Gasteiger partial charge on any atom is 0.337 e. The molecule has 51 heavy (non-hydrogen) atoms. The van der Waals surface area contributed by atoms with Gasteiger partial charge in [0.05, 0.1) is 62.7 Å². The number of methoxy groups -OCH3 is 2. The van der Waals surface area contributed by atoms with Gasteiger partial charge in [0.2, 0.25) is 0 Å². The molecule has 0 amide bonds. The molecule has 9 rings (SSSR count). The topological polar surface area (TPSA) is 99.4 Å². The molecule has 2 aromatic heterocycles. The van der Waals surface area contributed by atoms with Gasteiger partial charge in [-0.1, -0.05) is 59.8 Å². The molecule has 264 valence electrons. The molecule has 8 atom stereocenters. The molecule has 2 saturated heterocycles. The molecule has 9 nitrogen and oxygen atoms in total. The minimum atomic E-state index is -0.356. The zero-order chi connectivity index (χ0) is 35.0. The molecule has 5 aliphatic heterocycles. The molecular formula is C42H46N4O5. The van der Waals surface area contributed by atoms with Gasteiger partial charge in [0.15, 0.2) is 0 Å². The quantitative estimate of drug-likeness (QED) is 0.214. The Morgan fingerprint density at radius 3 is 2.71 bits per heavy atom. The Labute approximate surface area is 298 Å². The van der Waals surface area contributed by atoms with Crippen LogP contribution in [-0.4, -0.2) is 61.8 Å². The molecule has 2 aromatic carbocycles. The highest BCUT2D eigenvalue weighted by atomic mass is 16.5. The van der Waals surface area contributed by atoms with Crippen LogP contribution in [0.5, 0.6) is 0 Å². The highest BCUT2D eigenvalue weighted by Crippen LogP contribution is 2.49. The fourth-order valence-electron chi connectivity index (χ4n) is 10.3. The Balaban J connectivity index is 1.10. The van der Waals surface area contributed by atoms with Crippen molar-refractivity contribution in [1.82, 2.24) is 14.9 Å². The maximum absolute atomic E-state index is 14.1. The van der Waals surface area contributed by atoms with Crippen LogP contribution in [-0.2, 0) is 30.2 Å². The van der Waals surface area contributed by atoms with Gasteiger partial charge < -0.3 is 29.1 Å². The highest BCUT2D eigenvalue weighted by Gasteiger charge is 2.49. The van der Waals surface area contributed by atoms with E-state index in [2.05, 4.69) is 78.5 Å². The number of aromatic amines is 1. The van der Waals surface area contributed by atoms with E-state index in [0.717, 1.165) is 66.6 Å². The van der Waals surface area contributed by atoms with Crippen LogP contribution in [0.25, 0.3) is 27.4 Å². The number of quaternary nitrogens is 1. The van der Waals surface area contributed by atoms with Crippen molar-refractivity contribution in [3.8, 4) is 0 Å². The van der Waals surface area contributed by atoms with E-state index >= 15 is 0 Å². The van der Waals surface area contributed by atoms with Crippen molar-refractivity contribution in [2.45, 2.75) is 57.7 Å². The number of hydrogen-bond acceptors (Lipinski definition) is 6. The van der Waals surface area contributed by atoms with Crippen LogP contribution >= 0.6 is 0 Å². The van der Waals surface area contributed by atoms with Gasteiger partial charge in [0.1, 0.15) is 6.10 Å². The van der Waals surface area contributed by atoms with Gasteiger partial charge in [-0.2, -0.15) is 0 Å². The molecule has 0 bridgehead atoms. The first-order valence-electron chi connectivity index (χ1n) is 18.5. The number of hydrogen-bond donors (Lipinski definition) is 2. The molecule has 0 spiro atoms. The van der Waals surface area contributed by atoms with Crippen LogP contribution in [0.15, 0.2) is 78.2 Å². The second-order valence-electron chi connectivity index (χ2n) is 15.1. The summed E-state index contributed by atoms with van der Waals surface area (Å²) in [6, 6.07) is 17.2. The van der Waals surface area contributed by atoms with Crippen molar-refractivity contribution in [2.24, 2.45) is 23.7 Å². The molecular weight excluding hydrogens is 640 g/mol. The number of carbonyl (C=O) groups is 2. The Bertz CT molecular complexity index is 2140. The van der Waals surface area contributed by atoms with E-state index < -0.39 is 0 Å². The van der Waals surface area contributed by atoms with E-state index in [-0.39, 0.29) is 53.8 Å². The number of carbonyl (C=O) groups excluding carboxylic acids is 2. The minimum Gasteiger partial charge on any atom is -0.656 e. The highest BCUT2D eigenvalue weighted by molar-refractivity contribution is 5.95. The Morgan fingerprint density at radius 2 is 1.90 bits per heavy atom. The molecule has 2 fully saturated rings. The van der Waals surface area contributed by atoms with Crippen LogP contribution in [0.3, 0.4) is 0 Å². The fourth-order valence-corrected chi connectivity index (χ4v) is 10.3. The van der Waals surface area contributed by atoms with E-state index in [1.807, 2.05) is 6.07 Å². The summed E-state index contributed by atoms with van der Waals surface area (Å²) in [5.74, 6) is -0.649. The number of benzene rings is 2. The molecule has 0 radical (unpaired) electrons. The predicted molar refractivity (Wildman–Crippen MR) is 194 cm³/mol. The van der Waals surface area contributed by atoms with Crippen molar-refractivity contribution < 1.29 is 28.7 Å². The number of esters is 2. The van der Waals surface area contributed by atoms with E-state index in [9.17, 15) is 9.59 Å². The summed E-state index contributed by atoms with van der Waals surface area (Å²) in [5, 5.41) is 2.43. The first kappa shape index (κ1) is 32.3. The first-order chi connectivity index (χ1) is 24.9. The fraction of sp³-hybridized carbons (Fsp3) is 0.429. The molecule has 0 saturated carbocycles. The van der Waals surface area contributed by atoms with Crippen LogP contribution in [0.2, 0.25) is 0 Å². The molecule has 4 aromatic rings. The third-order valence-electron chi connectivity index (χ3n) is 12.8. The number of fused-ring (bicyclic) bond motifs is 11. The zero-order valence-corrected chi connectivity index (χ0v) is 29.8. The lowest BCUT2D eigenvalue weighted by Crippen LogP contribution is -3.11. The number of nitrogens with zero attached hydrogens (tertiary/aromatic N) is 2. The Kier molecular flexibility index (Phi) is 7.96. The second-order valence-corrected chi connectivity index (χ2v) is 15.1. The van der Waals surface area contributed by atoms with Crippen LogP contribution in [0, 0.1) is 23.7 Å². The molecule has 0 aliphatic carbocycles. The van der Waals surface area contributed by atoms with Gasteiger partial charge >= 0.3 is 11.9 Å². The van der Waals surface area contributed by atoms with E-state index in [1.54, 1.807) is 6.26 Å². The molecule has 8 unspecified atom stereocenters. The standard InChI is InChI=1S/C42H45N4O5/c1-5-24-19-45-15-14-27-26-10-6-8-12-34(26)43-39(27)36(45)17-29(24)31(41(47)49-3)16-25-20-46-21-32-23(2)51-22-33(42(48)50-4)30(32)18-37(46)40-38(25)28-11-7-9-13-35(28)44-40/h5-13,20,22-23,29-32,36-37,43H,14-19,21H2,1-4H3/q-1/p+1. The number of ether oxygens (including phenoxy) is 3. The number of H-pyrrole nitrogens is 1. The SMILES string of the molecule is CC=C1CN2CCc3c([nH]c4ccccc34)C2CC1C(CC1=C[NH+]2CC3C(C)OC=C(C(=O)OC)C3CC2c2[n-]c3ccccc3c21)C(=O)OC. The second kappa shape index (κ2) is 12.6. The van der Waals surface area contributed by atoms with Gasteiger partial charge in [-0.25, -0.2) is 4.79 Å². The van der Waals surface area contributed by atoms with Gasteiger partial charge in [0, 0.05) is 47.6 Å². The number of para-hydroxylation sites is 2. The smallest absolute Gasteiger partial charge is 0.337 e. The third-order valence-corrected chi connectivity index (χ3v) is 12.8. The first-order valence-corrected chi connectivity index (χ1v) is 18.5. The van der Waals surface area contributed by atoms with Crippen molar-refractivity contribution in [3.63, 3.8) is 0 Å². The number of aromatic nitrogens is 2. The van der Waals surface area contributed by atoms with Gasteiger partial charge in [-0.05, 0) is 61.6 Å². The number of allylic oxidation sites excluding steroid dienone is 2. The predicted octanol–water partition coefficient (Wildman–Crippen LogP) is 5.42. The van der Waals surface area contributed by atoms with E-state index in [4.69, 9.17) is 19.2 Å². The van der Waals surface area contributed by atoms with Crippen molar-refractivity contribution in [3.05, 3.63) is 101 Å². The minimum absolute atomic E-state index is 0.0211. The van der Waals surface area contributed by atoms with Gasteiger partial charge in [0.25, 0.3) is 0 Å². The van der Waals surface area contributed by atoms with Crippen LogP contribution < -0.4 is 9.88 Å². The largest absolute Gasteiger partial charge is 0.656 e. The molecule has 2 N–H and O–H groups in total. The van der Waals surface area contributed by atoms with Gasteiger partial charge in [-0.15, -0.1) is 5.52 Å².